The summed E-state index contributed by atoms with van der Waals surface area (Å²) < 4.78 is 27.6. The van der Waals surface area contributed by atoms with Crippen molar-refractivity contribution in [3.05, 3.63) is 78.2 Å². The van der Waals surface area contributed by atoms with Gasteiger partial charge in [0.2, 0.25) is 10.0 Å². The average molecular weight is 367 g/mol. The molecule has 132 valence electrons. The SMILES string of the molecule is CC(=O)c1ccc(S(=O)(=O)NCc2cccnc2-c2cccnc2)cc1. The smallest absolute Gasteiger partial charge is 0.240 e. The second-order valence-corrected chi connectivity index (χ2v) is 7.42. The van der Waals surface area contributed by atoms with Crippen molar-refractivity contribution in [3.8, 4) is 11.3 Å². The Morgan fingerprint density at radius 2 is 1.77 bits per heavy atom. The van der Waals surface area contributed by atoms with Crippen molar-refractivity contribution in [2.75, 3.05) is 0 Å². The zero-order valence-corrected chi connectivity index (χ0v) is 14.9. The molecular formula is C19H17N3O3S. The second kappa shape index (κ2) is 7.55. The number of hydrogen-bond acceptors (Lipinski definition) is 5. The van der Waals surface area contributed by atoms with E-state index in [1.165, 1.54) is 31.2 Å². The highest BCUT2D eigenvalue weighted by Crippen LogP contribution is 2.20. The fraction of sp³-hybridized carbons (Fsp3) is 0.105. The van der Waals surface area contributed by atoms with Crippen LogP contribution >= 0.6 is 0 Å². The summed E-state index contributed by atoms with van der Waals surface area (Å²) in [6, 6.07) is 13.1. The molecule has 0 fully saturated rings. The average Bonchev–Trinajstić information content (AvgIpc) is 2.67. The molecule has 0 radical (unpaired) electrons. The van der Waals surface area contributed by atoms with Gasteiger partial charge in [-0.15, -0.1) is 0 Å². The Bertz CT molecular complexity index is 1020. The molecule has 0 saturated heterocycles. The Balaban J connectivity index is 1.82. The van der Waals surface area contributed by atoms with E-state index < -0.39 is 10.0 Å². The van der Waals surface area contributed by atoms with Gasteiger partial charge in [-0.25, -0.2) is 13.1 Å². The summed E-state index contributed by atoms with van der Waals surface area (Å²) in [5.41, 5.74) is 2.70. The number of nitrogens with zero attached hydrogens (tertiary/aromatic N) is 2. The molecule has 0 amide bonds. The lowest BCUT2D eigenvalue weighted by Crippen LogP contribution is -2.23. The molecule has 2 aromatic heterocycles. The molecule has 0 unspecified atom stereocenters. The minimum atomic E-state index is -3.70. The van der Waals surface area contributed by atoms with E-state index in [1.54, 1.807) is 30.7 Å². The van der Waals surface area contributed by atoms with Crippen molar-refractivity contribution < 1.29 is 13.2 Å². The van der Waals surface area contributed by atoms with Crippen LogP contribution in [0.2, 0.25) is 0 Å². The predicted octanol–water partition coefficient (Wildman–Crippen LogP) is 2.82. The lowest BCUT2D eigenvalue weighted by atomic mass is 10.1. The van der Waals surface area contributed by atoms with Gasteiger partial charge >= 0.3 is 0 Å². The topological polar surface area (TPSA) is 89.0 Å². The molecule has 2 heterocycles. The summed E-state index contributed by atoms with van der Waals surface area (Å²) in [5.74, 6) is -0.113. The largest absolute Gasteiger partial charge is 0.295 e. The Hall–Kier alpha value is -2.90. The van der Waals surface area contributed by atoms with Crippen LogP contribution in [-0.2, 0) is 16.6 Å². The highest BCUT2D eigenvalue weighted by atomic mass is 32.2. The van der Waals surface area contributed by atoms with Crippen molar-refractivity contribution in [2.24, 2.45) is 0 Å². The van der Waals surface area contributed by atoms with E-state index in [9.17, 15) is 13.2 Å². The Labute approximate surface area is 152 Å². The number of carbonyl (C=O) groups is 1. The van der Waals surface area contributed by atoms with E-state index in [0.717, 1.165) is 11.1 Å². The molecule has 0 aliphatic carbocycles. The molecule has 26 heavy (non-hydrogen) atoms. The van der Waals surface area contributed by atoms with Gasteiger partial charge in [0.1, 0.15) is 0 Å². The summed E-state index contributed by atoms with van der Waals surface area (Å²) in [6.07, 6.45) is 5.00. The summed E-state index contributed by atoms with van der Waals surface area (Å²) in [4.78, 5) is 19.8. The van der Waals surface area contributed by atoms with Crippen molar-refractivity contribution in [2.45, 2.75) is 18.4 Å². The maximum absolute atomic E-state index is 12.5. The van der Waals surface area contributed by atoms with Crippen LogP contribution in [0.25, 0.3) is 11.3 Å². The third-order valence-electron chi connectivity index (χ3n) is 3.85. The monoisotopic (exact) mass is 367 g/mol. The molecule has 3 rings (SSSR count). The molecule has 0 aliphatic rings. The van der Waals surface area contributed by atoms with Crippen molar-refractivity contribution >= 4 is 15.8 Å². The van der Waals surface area contributed by atoms with Gasteiger partial charge in [0, 0.05) is 36.3 Å². The number of aromatic nitrogens is 2. The van der Waals surface area contributed by atoms with Crippen LogP contribution in [0.5, 0.6) is 0 Å². The lowest BCUT2D eigenvalue weighted by molar-refractivity contribution is 0.101. The maximum Gasteiger partial charge on any atom is 0.240 e. The molecule has 1 aromatic carbocycles. The first-order valence-corrected chi connectivity index (χ1v) is 9.40. The first-order valence-electron chi connectivity index (χ1n) is 7.92. The normalized spacial score (nSPS) is 11.3. The molecule has 0 saturated carbocycles. The Morgan fingerprint density at radius 3 is 2.42 bits per heavy atom. The van der Waals surface area contributed by atoms with E-state index in [4.69, 9.17) is 0 Å². The van der Waals surface area contributed by atoms with Gasteiger partial charge in [0.25, 0.3) is 0 Å². The van der Waals surface area contributed by atoms with Crippen molar-refractivity contribution in [3.63, 3.8) is 0 Å². The van der Waals surface area contributed by atoms with Crippen LogP contribution < -0.4 is 4.72 Å². The number of benzene rings is 1. The molecule has 1 N–H and O–H groups in total. The van der Waals surface area contributed by atoms with E-state index in [-0.39, 0.29) is 17.2 Å². The molecular weight excluding hydrogens is 350 g/mol. The molecule has 3 aromatic rings. The molecule has 0 spiro atoms. The Kier molecular flexibility index (Phi) is 5.20. The third kappa shape index (κ3) is 4.01. The molecule has 0 aliphatic heterocycles. The van der Waals surface area contributed by atoms with Gasteiger partial charge in [-0.3, -0.25) is 14.8 Å². The molecule has 0 atom stereocenters. The van der Waals surface area contributed by atoms with Gasteiger partial charge in [-0.2, -0.15) is 0 Å². The van der Waals surface area contributed by atoms with Crippen LogP contribution in [0, 0.1) is 0 Å². The minimum Gasteiger partial charge on any atom is -0.295 e. The standard InChI is InChI=1S/C19H17N3O3S/c1-14(23)15-6-8-18(9-7-15)26(24,25)22-13-17-5-3-11-21-19(17)16-4-2-10-20-12-16/h2-12,22H,13H2,1H3. The maximum atomic E-state index is 12.5. The van der Waals surface area contributed by atoms with Crippen LogP contribution in [0.15, 0.2) is 72.0 Å². The minimum absolute atomic E-state index is 0.0921. The summed E-state index contributed by atoms with van der Waals surface area (Å²) in [7, 11) is -3.70. The summed E-state index contributed by atoms with van der Waals surface area (Å²) >= 11 is 0. The molecule has 0 bridgehead atoms. The van der Waals surface area contributed by atoms with Gasteiger partial charge in [0.15, 0.2) is 5.78 Å². The van der Waals surface area contributed by atoms with E-state index >= 15 is 0 Å². The number of pyridine rings is 2. The number of nitrogens with one attached hydrogen (secondary N) is 1. The number of ketones is 1. The van der Waals surface area contributed by atoms with E-state index in [0.29, 0.717) is 11.3 Å². The number of hydrogen-bond donors (Lipinski definition) is 1. The fourth-order valence-electron chi connectivity index (χ4n) is 2.47. The predicted molar refractivity (Wildman–Crippen MR) is 97.9 cm³/mol. The number of rotatable bonds is 6. The molecule has 7 heteroatoms. The number of Topliss-reactive ketones (excluding diaryl/α,β-unsaturated/α-hetero) is 1. The van der Waals surface area contributed by atoms with Crippen LogP contribution in [-0.4, -0.2) is 24.2 Å². The molecule has 6 nitrogen and oxygen atoms in total. The van der Waals surface area contributed by atoms with Crippen LogP contribution in [0.1, 0.15) is 22.8 Å². The highest BCUT2D eigenvalue weighted by Gasteiger charge is 2.15. The van der Waals surface area contributed by atoms with Crippen molar-refractivity contribution in [1.82, 2.24) is 14.7 Å². The lowest BCUT2D eigenvalue weighted by Gasteiger charge is -2.10. The zero-order valence-electron chi connectivity index (χ0n) is 14.1. The number of carbonyl (C=O) groups excluding carboxylic acids is 1. The highest BCUT2D eigenvalue weighted by molar-refractivity contribution is 7.89. The summed E-state index contributed by atoms with van der Waals surface area (Å²) in [5, 5.41) is 0. The van der Waals surface area contributed by atoms with Gasteiger partial charge in [-0.1, -0.05) is 18.2 Å². The second-order valence-electron chi connectivity index (χ2n) is 5.66. The quantitative estimate of drug-likeness (QED) is 0.677. The Morgan fingerprint density at radius 1 is 1.04 bits per heavy atom. The summed E-state index contributed by atoms with van der Waals surface area (Å²) in [6.45, 7) is 1.53. The van der Waals surface area contributed by atoms with E-state index in [2.05, 4.69) is 14.7 Å². The van der Waals surface area contributed by atoms with Crippen molar-refractivity contribution in [1.29, 1.82) is 0 Å². The zero-order chi connectivity index (χ0) is 18.6. The first-order chi connectivity index (χ1) is 12.5. The first kappa shape index (κ1) is 17.9. The van der Waals surface area contributed by atoms with Gasteiger partial charge < -0.3 is 0 Å². The van der Waals surface area contributed by atoms with Gasteiger partial charge in [0.05, 0.1) is 10.6 Å². The van der Waals surface area contributed by atoms with Gasteiger partial charge in [-0.05, 0) is 42.8 Å². The third-order valence-corrected chi connectivity index (χ3v) is 5.27. The fourth-order valence-corrected chi connectivity index (χ4v) is 3.48. The van der Waals surface area contributed by atoms with E-state index in [1.807, 2.05) is 12.1 Å². The van der Waals surface area contributed by atoms with Crippen LogP contribution in [0.3, 0.4) is 0 Å². The number of sulfonamides is 1. The van der Waals surface area contributed by atoms with Crippen LogP contribution in [0.4, 0.5) is 0 Å².